The fourth-order valence-corrected chi connectivity index (χ4v) is 2.72. The summed E-state index contributed by atoms with van der Waals surface area (Å²) in [5, 5.41) is -0.311. The van der Waals surface area contributed by atoms with Gasteiger partial charge in [0.25, 0.3) is 11.1 Å². The third-order valence-corrected chi connectivity index (χ3v) is 4.09. The SMILES string of the molecule is CCOc1cc(C=C2SC(=O)N(C)C2=O)ccc1OCC(=O)OC. The summed E-state index contributed by atoms with van der Waals surface area (Å²) >= 11 is 0.882. The Morgan fingerprint density at radius 2 is 2.00 bits per heavy atom. The largest absolute Gasteiger partial charge is 0.490 e. The van der Waals surface area contributed by atoms with Crippen LogP contribution in [0.15, 0.2) is 23.1 Å². The second kappa shape index (κ2) is 7.87. The number of likely N-dealkylation sites (N-methyl/N-ethyl adjacent to an activating group) is 1. The number of amides is 2. The van der Waals surface area contributed by atoms with Gasteiger partial charge in [-0.15, -0.1) is 0 Å². The Morgan fingerprint density at radius 3 is 2.58 bits per heavy atom. The molecule has 1 aliphatic rings. The van der Waals surface area contributed by atoms with Gasteiger partial charge in [0.2, 0.25) is 0 Å². The Kier molecular flexibility index (Phi) is 5.86. The number of esters is 1. The predicted octanol–water partition coefficient (Wildman–Crippen LogP) is 2.30. The van der Waals surface area contributed by atoms with Crippen molar-refractivity contribution in [1.29, 1.82) is 0 Å². The molecule has 2 rings (SSSR count). The summed E-state index contributed by atoms with van der Waals surface area (Å²) in [6.45, 7) is 1.99. The highest BCUT2D eigenvalue weighted by atomic mass is 32.2. The van der Waals surface area contributed by atoms with Gasteiger partial charge in [-0.1, -0.05) is 6.07 Å². The summed E-state index contributed by atoms with van der Waals surface area (Å²) in [6.07, 6.45) is 1.61. The molecule has 128 valence electrons. The highest BCUT2D eigenvalue weighted by Crippen LogP contribution is 2.34. The predicted molar refractivity (Wildman–Crippen MR) is 88.9 cm³/mol. The normalized spacial score (nSPS) is 15.8. The number of imide groups is 1. The number of ether oxygens (including phenoxy) is 3. The highest BCUT2D eigenvalue weighted by molar-refractivity contribution is 8.18. The first-order valence-corrected chi connectivity index (χ1v) is 7.96. The lowest BCUT2D eigenvalue weighted by molar-refractivity contribution is -0.142. The third-order valence-electron chi connectivity index (χ3n) is 3.13. The fourth-order valence-electron chi connectivity index (χ4n) is 1.89. The second-order valence-corrected chi connectivity index (χ2v) is 5.74. The Hall–Kier alpha value is -2.48. The van der Waals surface area contributed by atoms with Crippen LogP contribution in [0.1, 0.15) is 12.5 Å². The minimum Gasteiger partial charge on any atom is -0.490 e. The molecular weight excluding hydrogens is 334 g/mol. The number of thioether (sulfide) groups is 1. The van der Waals surface area contributed by atoms with E-state index in [0.29, 0.717) is 28.6 Å². The lowest BCUT2D eigenvalue weighted by Gasteiger charge is -2.12. The molecule has 0 radical (unpaired) electrons. The van der Waals surface area contributed by atoms with Crippen LogP contribution in [0.25, 0.3) is 6.08 Å². The number of benzene rings is 1. The van der Waals surface area contributed by atoms with Crippen LogP contribution < -0.4 is 9.47 Å². The Bertz CT molecular complexity index is 700. The van der Waals surface area contributed by atoms with E-state index in [-0.39, 0.29) is 17.8 Å². The summed E-state index contributed by atoms with van der Waals surface area (Å²) in [6, 6.07) is 5.02. The van der Waals surface area contributed by atoms with Gasteiger partial charge < -0.3 is 14.2 Å². The molecule has 0 aliphatic carbocycles. The summed E-state index contributed by atoms with van der Waals surface area (Å²) in [5.74, 6) is -0.0130. The summed E-state index contributed by atoms with van der Waals surface area (Å²) in [4.78, 5) is 36.0. The van der Waals surface area contributed by atoms with Crippen LogP contribution in [0.5, 0.6) is 11.5 Å². The summed E-state index contributed by atoms with van der Waals surface area (Å²) in [7, 11) is 2.72. The van der Waals surface area contributed by atoms with Crippen LogP contribution in [0, 0.1) is 0 Å². The van der Waals surface area contributed by atoms with Gasteiger partial charge in [-0.2, -0.15) is 0 Å². The van der Waals surface area contributed by atoms with Gasteiger partial charge in [-0.3, -0.25) is 14.5 Å². The van der Waals surface area contributed by atoms with E-state index in [4.69, 9.17) is 9.47 Å². The molecule has 7 nitrogen and oxygen atoms in total. The van der Waals surface area contributed by atoms with Crippen molar-refractivity contribution in [3.63, 3.8) is 0 Å². The fraction of sp³-hybridized carbons (Fsp3) is 0.312. The maximum absolute atomic E-state index is 11.9. The number of carbonyl (C=O) groups is 3. The quantitative estimate of drug-likeness (QED) is 0.574. The molecule has 2 amide bonds. The Balaban J connectivity index is 2.23. The third kappa shape index (κ3) is 4.08. The summed E-state index contributed by atoms with van der Waals surface area (Å²) < 4.78 is 15.4. The molecule has 0 aromatic heterocycles. The van der Waals surface area contributed by atoms with Crippen molar-refractivity contribution in [3.05, 3.63) is 28.7 Å². The van der Waals surface area contributed by atoms with Crippen molar-refractivity contribution in [2.45, 2.75) is 6.92 Å². The average Bonchev–Trinajstić information content (AvgIpc) is 2.81. The van der Waals surface area contributed by atoms with E-state index in [1.807, 2.05) is 6.92 Å². The van der Waals surface area contributed by atoms with Crippen molar-refractivity contribution in [3.8, 4) is 11.5 Å². The minimum atomic E-state index is -0.502. The number of hydrogen-bond acceptors (Lipinski definition) is 7. The molecule has 1 saturated heterocycles. The van der Waals surface area contributed by atoms with Gasteiger partial charge in [0.05, 0.1) is 18.6 Å². The topological polar surface area (TPSA) is 82.1 Å². The minimum absolute atomic E-state index is 0.232. The van der Waals surface area contributed by atoms with E-state index in [1.54, 1.807) is 24.3 Å². The molecule has 8 heteroatoms. The summed E-state index contributed by atoms with van der Waals surface area (Å²) in [5.41, 5.74) is 0.683. The molecule has 1 aromatic carbocycles. The Labute approximate surface area is 143 Å². The van der Waals surface area contributed by atoms with Gasteiger partial charge in [0.1, 0.15) is 0 Å². The van der Waals surface area contributed by atoms with Crippen LogP contribution in [-0.4, -0.2) is 49.4 Å². The van der Waals surface area contributed by atoms with Gasteiger partial charge in [0.15, 0.2) is 18.1 Å². The monoisotopic (exact) mass is 351 g/mol. The number of rotatable bonds is 6. The van der Waals surface area contributed by atoms with E-state index in [1.165, 1.54) is 14.2 Å². The van der Waals surface area contributed by atoms with E-state index >= 15 is 0 Å². The van der Waals surface area contributed by atoms with Gasteiger partial charge in [-0.05, 0) is 42.5 Å². The molecular formula is C16H17NO6S. The molecule has 0 unspecified atom stereocenters. The molecule has 0 spiro atoms. The van der Waals surface area contributed by atoms with E-state index in [0.717, 1.165) is 16.7 Å². The van der Waals surface area contributed by atoms with Crippen LogP contribution in [0.4, 0.5) is 4.79 Å². The average molecular weight is 351 g/mol. The zero-order valence-electron chi connectivity index (χ0n) is 13.5. The lowest BCUT2D eigenvalue weighted by atomic mass is 10.2. The molecule has 1 aliphatic heterocycles. The number of carbonyl (C=O) groups excluding carboxylic acids is 3. The standard InChI is InChI=1S/C16H17NO6S/c1-4-22-12-7-10(5-6-11(12)23-9-14(18)21-3)8-13-15(19)17(2)16(20)24-13/h5-8H,4,9H2,1-3H3. The van der Waals surface area contributed by atoms with Gasteiger partial charge in [-0.25, -0.2) is 4.79 Å². The first kappa shape index (κ1) is 17.9. The van der Waals surface area contributed by atoms with Gasteiger partial charge >= 0.3 is 5.97 Å². The van der Waals surface area contributed by atoms with E-state index in [9.17, 15) is 14.4 Å². The highest BCUT2D eigenvalue weighted by Gasteiger charge is 2.31. The first-order valence-electron chi connectivity index (χ1n) is 7.14. The van der Waals surface area contributed by atoms with E-state index in [2.05, 4.69) is 4.74 Å². The number of methoxy groups -OCH3 is 1. The molecule has 1 heterocycles. The zero-order chi connectivity index (χ0) is 17.7. The first-order chi connectivity index (χ1) is 11.5. The zero-order valence-corrected chi connectivity index (χ0v) is 14.3. The van der Waals surface area contributed by atoms with Gasteiger partial charge in [0, 0.05) is 7.05 Å². The number of hydrogen-bond donors (Lipinski definition) is 0. The maximum atomic E-state index is 11.9. The van der Waals surface area contributed by atoms with Crippen LogP contribution in [0.3, 0.4) is 0 Å². The molecule has 0 atom stereocenters. The maximum Gasteiger partial charge on any atom is 0.343 e. The van der Waals surface area contributed by atoms with Crippen LogP contribution in [-0.2, 0) is 14.3 Å². The molecule has 1 fully saturated rings. The van der Waals surface area contributed by atoms with E-state index < -0.39 is 5.97 Å². The van der Waals surface area contributed by atoms with Crippen molar-refractivity contribution in [2.75, 3.05) is 27.4 Å². The van der Waals surface area contributed by atoms with Crippen LogP contribution in [0.2, 0.25) is 0 Å². The Morgan fingerprint density at radius 1 is 1.25 bits per heavy atom. The molecule has 24 heavy (non-hydrogen) atoms. The second-order valence-electron chi connectivity index (χ2n) is 4.74. The molecule has 1 aromatic rings. The lowest BCUT2D eigenvalue weighted by Crippen LogP contribution is -2.22. The van der Waals surface area contributed by atoms with Crippen LogP contribution >= 0.6 is 11.8 Å². The van der Waals surface area contributed by atoms with Crippen molar-refractivity contribution >= 4 is 35.0 Å². The molecule has 0 saturated carbocycles. The van der Waals surface area contributed by atoms with Crippen molar-refractivity contribution in [1.82, 2.24) is 4.90 Å². The van der Waals surface area contributed by atoms with Crippen molar-refractivity contribution < 1.29 is 28.6 Å². The molecule has 0 bridgehead atoms. The number of nitrogens with zero attached hydrogens (tertiary/aromatic N) is 1. The molecule has 0 N–H and O–H groups in total. The smallest absolute Gasteiger partial charge is 0.343 e. The van der Waals surface area contributed by atoms with Crippen molar-refractivity contribution in [2.24, 2.45) is 0 Å².